The Morgan fingerprint density at radius 1 is 1.19 bits per heavy atom. The number of para-hydroxylation sites is 1. The van der Waals surface area contributed by atoms with E-state index in [1.165, 1.54) is 18.0 Å². The molecule has 0 aliphatic rings. The van der Waals surface area contributed by atoms with Gasteiger partial charge in [0.15, 0.2) is 11.9 Å². The molecule has 0 saturated carbocycles. The highest BCUT2D eigenvalue weighted by atomic mass is 16.5. The zero-order valence-electron chi connectivity index (χ0n) is 17.6. The molecule has 2 aromatic heterocycles. The molecule has 0 saturated heterocycles. The molecule has 0 bridgehead atoms. The number of esters is 1. The second-order valence-electron chi connectivity index (χ2n) is 7.03. The van der Waals surface area contributed by atoms with Crippen molar-refractivity contribution >= 4 is 17.6 Å². The lowest BCUT2D eigenvalue weighted by Gasteiger charge is -2.25. The van der Waals surface area contributed by atoms with Gasteiger partial charge in [0, 0.05) is 24.1 Å². The van der Waals surface area contributed by atoms with Crippen LogP contribution in [0, 0.1) is 25.2 Å². The minimum atomic E-state index is -1.03. The van der Waals surface area contributed by atoms with Gasteiger partial charge in [-0.1, -0.05) is 18.2 Å². The molecule has 0 N–H and O–H groups in total. The van der Waals surface area contributed by atoms with Gasteiger partial charge in [0.05, 0.1) is 23.7 Å². The van der Waals surface area contributed by atoms with Gasteiger partial charge in [-0.05, 0) is 51.1 Å². The van der Waals surface area contributed by atoms with Gasteiger partial charge in [0.2, 0.25) is 0 Å². The summed E-state index contributed by atoms with van der Waals surface area (Å²) in [5, 5.41) is 13.3. The lowest BCUT2D eigenvalue weighted by Crippen LogP contribution is -2.40. The van der Waals surface area contributed by atoms with Crippen LogP contribution in [0.5, 0.6) is 0 Å². The van der Waals surface area contributed by atoms with Crippen molar-refractivity contribution in [1.82, 2.24) is 14.8 Å². The number of rotatable bonds is 7. The second kappa shape index (κ2) is 9.67. The van der Waals surface area contributed by atoms with E-state index in [0.717, 1.165) is 11.4 Å². The highest BCUT2D eigenvalue weighted by Gasteiger charge is 2.25. The van der Waals surface area contributed by atoms with Crippen molar-refractivity contribution in [2.45, 2.75) is 33.3 Å². The Morgan fingerprint density at radius 3 is 2.52 bits per heavy atom. The number of ether oxygens (including phenoxy) is 1. The van der Waals surface area contributed by atoms with Crippen LogP contribution in [0.15, 0.2) is 54.7 Å². The molecule has 1 unspecified atom stereocenters. The predicted octanol–water partition coefficient (Wildman–Crippen LogP) is 3.38. The van der Waals surface area contributed by atoms with Gasteiger partial charge in [0.1, 0.15) is 0 Å². The maximum Gasteiger partial charge on any atom is 0.340 e. The third-order valence-electron chi connectivity index (χ3n) is 4.62. The molecule has 3 aromatic rings. The average molecular weight is 417 g/mol. The van der Waals surface area contributed by atoms with E-state index in [2.05, 4.69) is 10.1 Å². The number of nitriles is 1. The third-order valence-corrected chi connectivity index (χ3v) is 4.62. The lowest BCUT2D eigenvalue weighted by molar-refractivity contribution is -0.126. The van der Waals surface area contributed by atoms with E-state index in [4.69, 9.17) is 10.00 Å². The molecule has 0 spiro atoms. The lowest BCUT2D eigenvalue weighted by atomic mass is 10.2. The number of carbonyl (C=O) groups is 2. The number of carbonyl (C=O) groups excluding carboxylic acids is 2. The van der Waals surface area contributed by atoms with Crippen LogP contribution in [0.25, 0.3) is 5.82 Å². The number of nitrogens with zero attached hydrogens (tertiary/aromatic N) is 5. The Balaban J connectivity index is 1.70. The molecule has 3 rings (SSSR count). The molecular weight excluding hydrogens is 394 g/mol. The molecule has 0 fully saturated rings. The molecule has 1 aromatic carbocycles. The van der Waals surface area contributed by atoms with Gasteiger partial charge >= 0.3 is 5.97 Å². The summed E-state index contributed by atoms with van der Waals surface area (Å²) in [6.45, 7) is 5.53. The third kappa shape index (κ3) is 5.14. The van der Waals surface area contributed by atoms with Crippen LogP contribution in [0.2, 0.25) is 0 Å². The van der Waals surface area contributed by atoms with E-state index < -0.39 is 18.0 Å². The van der Waals surface area contributed by atoms with Crippen molar-refractivity contribution in [3.63, 3.8) is 0 Å². The first-order chi connectivity index (χ1) is 14.9. The summed E-state index contributed by atoms with van der Waals surface area (Å²) in [6, 6.07) is 16.2. The summed E-state index contributed by atoms with van der Waals surface area (Å²) < 4.78 is 7.06. The molecule has 158 valence electrons. The van der Waals surface area contributed by atoms with Crippen molar-refractivity contribution in [3.8, 4) is 11.9 Å². The number of anilines is 1. The fourth-order valence-electron chi connectivity index (χ4n) is 3.13. The first-order valence-electron chi connectivity index (χ1n) is 9.84. The van der Waals surface area contributed by atoms with Crippen LogP contribution >= 0.6 is 0 Å². The molecule has 0 aliphatic carbocycles. The van der Waals surface area contributed by atoms with Crippen molar-refractivity contribution < 1.29 is 14.3 Å². The Hall–Kier alpha value is -3.99. The highest BCUT2D eigenvalue weighted by molar-refractivity contribution is 5.99. The minimum Gasteiger partial charge on any atom is -0.449 e. The summed E-state index contributed by atoms with van der Waals surface area (Å²) >= 11 is 0. The largest absolute Gasteiger partial charge is 0.449 e. The number of benzene rings is 1. The van der Waals surface area contributed by atoms with Crippen LogP contribution in [-0.2, 0) is 9.53 Å². The van der Waals surface area contributed by atoms with E-state index in [1.54, 1.807) is 41.1 Å². The molecule has 8 heteroatoms. The Labute approximate surface area is 180 Å². The van der Waals surface area contributed by atoms with E-state index in [9.17, 15) is 9.59 Å². The molecule has 0 radical (unpaired) electrons. The van der Waals surface area contributed by atoms with Crippen molar-refractivity contribution in [2.75, 3.05) is 11.4 Å². The Morgan fingerprint density at radius 2 is 1.94 bits per heavy atom. The summed E-state index contributed by atoms with van der Waals surface area (Å²) in [5.41, 5.74) is 2.67. The molecule has 0 aliphatic heterocycles. The summed E-state index contributed by atoms with van der Waals surface area (Å²) in [6.07, 6.45) is 0.539. The Bertz CT molecular complexity index is 1100. The number of aryl methyl sites for hydroxylation is 2. The fraction of sp³-hybridized carbons (Fsp3) is 0.261. The smallest absolute Gasteiger partial charge is 0.340 e. The standard InChI is InChI=1S/C23H23N5O3/c1-16-14-17(2)28(26-16)21-11-10-19(15-25-21)23(30)31-18(3)22(29)27(13-7-12-24)20-8-5-4-6-9-20/h4-6,8-11,14-15,18H,7,13H2,1-3H3. The SMILES string of the molecule is Cc1cc(C)n(-c2ccc(C(=O)OC(C)C(=O)N(CCC#N)c3ccccc3)cn2)n1. The van der Waals surface area contributed by atoms with Gasteiger partial charge in [-0.2, -0.15) is 10.4 Å². The zero-order chi connectivity index (χ0) is 22.4. The van der Waals surface area contributed by atoms with Gasteiger partial charge < -0.3 is 9.64 Å². The number of aromatic nitrogens is 3. The molecule has 1 amide bonds. The van der Waals surface area contributed by atoms with Crippen molar-refractivity contribution in [2.24, 2.45) is 0 Å². The first kappa shape index (κ1) is 21.7. The quantitative estimate of drug-likeness (QED) is 0.546. The normalized spacial score (nSPS) is 11.4. The maximum atomic E-state index is 12.9. The topological polar surface area (TPSA) is 101 Å². The van der Waals surface area contributed by atoms with Crippen LogP contribution in [0.1, 0.15) is 35.1 Å². The summed E-state index contributed by atoms with van der Waals surface area (Å²) in [5.74, 6) is -0.471. The molecule has 2 heterocycles. The second-order valence-corrected chi connectivity index (χ2v) is 7.03. The number of pyridine rings is 1. The fourth-order valence-corrected chi connectivity index (χ4v) is 3.13. The zero-order valence-corrected chi connectivity index (χ0v) is 17.6. The highest BCUT2D eigenvalue weighted by Crippen LogP contribution is 2.17. The van der Waals surface area contributed by atoms with Crippen LogP contribution in [0.3, 0.4) is 0 Å². The van der Waals surface area contributed by atoms with Gasteiger partial charge in [-0.3, -0.25) is 4.79 Å². The van der Waals surface area contributed by atoms with E-state index in [1.807, 2.05) is 32.0 Å². The molecule has 31 heavy (non-hydrogen) atoms. The number of hydrogen-bond donors (Lipinski definition) is 0. The number of hydrogen-bond acceptors (Lipinski definition) is 6. The van der Waals surface area contributed by atoms with Crippen LogP contribution in [-0.4, -0.2) is 39.3 Å². The van der Waals surface area contributed by atoms with E-state index in [0.29, 0.717) is 11.5 Å². The Kier molecular flexibility index (Phi) is 6.78. The first-order valence-corrected chi connectivity index (χ1v) is 9.84. The van der Waals surface area contributed by atoms with Crippen LogP contribution in [0.4, 0.5) is 5.69 Å². The summed E-state index contributed by atoms with van der Waals surface area (Å²) in [7, 11) is 0. The monoisotopic (exact) mass is 417 g/mol. The van der Waals surface area contributed by atoms with Gasteiger partial charge in [0.25, 0.3) is 5.91 Å². The van der Waals surface area contributed by atoms with Crippen LogP contribution < -0.4 is 4.90 Å². The van der Waals surface area contributed by atoms with E-state index >= 15 is 0 Å². The van der Waals surface area contributed by atoms with Gasteiger partial charge in [-0.25, -0.2) is 14.5 Å². The molecule has 1 atom stereocenters. The van der Waals surface area contributed by atoms with Crippen molar-refractivity contribution in [3.05, 3.63) is 71.7 Å². The minimum absolute atomic E-state index is 0.166. The maximum absolute atomic E-state index is 12.9. The van der Waals surface area contributed by atoms with Gasteiger partial charge in [-0.15, -0.1) is 0 Å². The predicted molar refractivity (Wildman–Crippen MR) is 115 cm³/mol. The molecular formula is C23H23N5O3. The average Bonchev–Trinajstić information content (AvgIpc) is 3.12. The molecule has 8 nitrogen and oxygen atoms in total. The summed E-state index contributed by atoms with van der Waals surface area (Å²) in [4.78, 5) is 31.2. The van der Waals surface area contributed by atoms with Crippen molar-refractivity contribution in [1.29, 1.82) is 5.26 Å². The van der Waals surface area contributed by atoms with E-state index in [-0.39, 0.29) is 18.5 Å². The number of amides is 1.